The summed E-state index contributed by atoms with van der Waals surface area (Å²) in [5.74, 6) is 0.367. The molecule has 1 aliphatic rings. The van der Waals surface area contributed by atoms with Crippen LogP contribution < -0.4 is 4.74 Å². The Balaban J connectivity index is 1.57. The minimum atomic E-state index is -0.325. The number of hydrogen-bond donors (Lipinski definition) is 0. The van der Waals surface area contributed by atoms with Gasteiger partial charge in [-0.05, 0) is 31.3 Å². The molecule has 23 heavy (non-hydrogen) atoms. The Morgan fingerprint density at radius 1 is 1.26 bits per heavy atom. The molecule has 0 spiro atoms. The Kier molecular flexibility index (Phi) is 4.57. The number of ether oxygens (including phenoxy) is 1. The van der Waals surface area contributed by atoms with Crippen molar-refractivity contribution in [1.82, 2.24) is 14.8 Å². The lowest BCUT2D eigenvalue weighted by atomic mass is 10.3. The summed E-state index contributed by atoms with van der Waals surface area (Å²) in [5.41, 5.74) is 0.284. The summed E-state index contributed by atoms with van der Waals surface area (Å²) in [7, 11) is 2.03. The van der Waals surface area contributed by atoms with Gasteiger partial charge in [0.2, 0.25) is 5.89 Å². The van der Waals surface area contributed by atoms with Crippen molar-refractivity contribution in [1.29, 1.82) is 0 Å². The lowest BCUT2D eigenvalue weighted by molar-refractivity contribution is 0.0658. The maximum absolute atomic E-state index is 12.8. The first-order chi connectivity index (χ1) is 11.1. The highest BCUT2D eigenvalue weighted by molar-refractivity contribution is 5.92. The molecule has 1 aromatic carbocycles. The number of oxazole rings is 1. The molecule has 1 amide bonds. The van der Waals surface area contributed by atoms with Gasteiger partial charge < -0.3 is 19.0 Å². The highest BCUT2D eigenvalue weighted by atomic mass is 19.1. The zero-order valence-electron chi connectivity index (χ0n) is 12.9. The van der Waals surface area contributed by atoms with Gasteiger partial charge in [-0.15, -0.1) is 0 Å². The van der Waals surface area contributed by atoms with Crippen LogP contribution in [0, 0.1) is 5.82 Å². The summed E-state index contributed by atoms with van der Waals surface area (Å²) in [6.45, 7) is 3.16. The van der Waals surface area contributed by atoms with Gasteiger partial charge in [0.15, 0.2) is 12.3 Å². The molecular weight excluding hydrogens is 301 g/mol. The molecule has 1 aliphatic heterocycles. The van der Waals surface area contributed by atoms with Gasteiger partial charge in [0.05, 0.1) is 0 Å². The summed E-state index contributed by atoms with van der Waals surface area (Å²) in [6.07, 6.45) is 1.35. The van der Waals surface area contributed by atoms with Gasteiger partial charge in [-0.3, -0.25) is 4.79 Å². The van der Waals surface area contributed by atoms with Crippen LogP contribution in [-0.4, -0.2) is 53.9 Å². The highest BCUT2D eigenvalue weighted by Crippen LogP contribution is 2.14. The van der Waals surface area contributed by atoms with E-state index in [9.17, 15) is 9.18 Å². The number of carbonyl (C=O) groups is 1. The first-order valence-corrected chi connectivity index (χ1v) is 7.42. The molecule has 0 saturated carbocycles. The van der Waals surface area contributed by atoms with Crippen molar-refractivity contribution >= 4 is 5.91 Å². The molecular formula is C16H18FN3O3. The molecule has 0 radical (unpaired) electrons. The van der Waals surface area contributed by atoms with Crippen LogP contribution in [0.2, 0.25) is 0 Å². The fourth-order valence-corrected chi connectivity index (χ4v) is 2.32. The van der Waals surface area contributed by atoms with E-state index in [0.29, 0.717) is 24.7 Å². The van der Waals surface area contributed by atoms with Crippen molar-refractivity contribution in [2.75, 3.05) is 33.2 Å². The van der Waals surface area contributed by atoms with Crippen LogP contribution in [0.25, 0.3) is 0 Å². The number of likely N-dealkylation sites (N-methyl/N-ethyl adjacent to an activating group) is 1. The largest absolute Gasteiger partial charge is 0.484 e. The van der Waals surface area contributed by atoms with Crippen LogP contribution in [0.3, 0.4) is 0 Å². The van der Waals surface area contributed by atoms with E-state index < -0.39 is 0 Å². The molecule has 122 valence electrons. The van der Waals surface area contributed by atoms with E-state index in [4.69, 9.17) is 9.15 Å². The predicted molar refractivity (Wildman–Crippen MR) is 80.6 cm³/mol. The molecule has 0 aliphatic carbocycles. The number of aromatic nitrogens is 1. The molecule has 6 nitrogen and oxygen atoms in total. The zero-order valence-corrected chi connectivity index (χ0v) is 12.9. The Bertz CT molecular complexity index is 663. The Labute approximate surface area is 133 Å². The van der Waals surface area contributed by atoms with Crippen molar-refractivity contribution in [2.24, 2.45) is 0 Å². The van der Waals surface area contributed by atoms with E-state index in [1.165, 1.54) is 30.5 Å². The third kappa shape index (κ3) is 3.87. The molecule has 7 heteroatoms. The number of nitrogens with zero attached hydrogens (tertiary/aromatic N) is 3. The fourth-order valence-electron chi connectivity index (χ4n) is 2.32. The Morgan fingerprint density at radius 2 is 1.96 bits per heavy atom. The summed E-state index contributed by atoms with van der Waals surface area (Å²) >= 11 is 0. The SMILES string of the molecule is CN1CCN(C(=O)c2coc(COc3ccc(F)cc3)n2)CC1. The lowest BCUT2D eigenvalue weighted by Gasteiger charge is -2.31. The molecule has 2 aromatic rings. The third-order valence-electron chi connectivity index (χ3n) is 3.74. The summed E-state index contributed by atoms with van der Waals surface area (Å²) in [4.78, 5) is 20.4. The Morgan fingerprint density at radius 3 is 2.65 bits per heavy atom. The number of halogens is 1. The molecule has 0 bridgehead atoms. The van der Waals surface area contributed by atoms with Crippen molar-refractivity contribution in [3.63, 3.8) is 0 Å². The maximum atomic E-state index is 12.8. The smallest absolute Gasteiger partial charge is 0.275 e. The van der Waals surface area contributed by atoms with Crippen LogP contribution >= 0.6 is 0 Å². The van der Waals surface area contributed by atoms with Crippen LogP contribution in [0.1, 0.15) is 16.4 Å². The molecule has 0 atom stereocenters. The van der Waals surface area contributed by atoms with Gasteiger partial charge in [0.1, 0.15) is 17.8 Å². The van der Waals surface area contributed by atoms with Crippen molar-refractivity contribution in [3.05, 3.63) is 47.9 Å². The third-order valence-corrected chi connectivity index (χ3v) is 3.74. The average molecular weight is 319 g/mol. The monoisotopic (exact) mass is 319 g/mol. The maximum Gasteiger partial charge on any atom is 0.275 e. The summed E-state index contributed by atoms with van der Waals surface area (Å²) < 4.78 is 23.5. The van der Waals surface area contributed by atoms with Gasteiger partial charge in [0.25, 0.3) is 5.91 Å². The normalized spacial score (nSPS) is 15.7. The minimum Gasteiger partial charge on any atom is -0.484 e. The van der Waals surface area contributed by atoms with E-state index in [1.54, 1.807) is 4.90 Å². The average Bonchev–Trinajstić information content (AvgIpc) is 3.03. The number of benzene rings is 1. The van der Waals surface area contributed by atoms with Gasteiger partial charge in [-0.1, -0.05) is 0 Å². The second-order valence-corrected chi connectivity index (χ2v) is 5.46. The quantitative estimate of drug-likeness (QED) is 0.860. The van der Waals surface area contributed by atoms with Gasteiger partial charge in [-0.2, -0.15) is 0 Å². The number of carbonyl (C=O) groups excluding carboxylic acids is 1. The second-order valence-electron chi connectivity index (χ2n) is 5.46. The van der Waals surface area contributed by atoms with Crippen LogP contribution in [0.5, 0.6) is 5.75 Å². The molecule has 0 unspecified atom stereocenters. The zero-order chi connectivity index (χ0) is 16.2. The molecule has 1 aromatic heterocycles. The van der Waals surface area contributed by atoms with Crippen LogP contribution in [0.4, 0.5) is 4.39 Å². The van der Waals surface area contributed by atoms with Gasteiger partial charge >= 0.3 is 0 Å². The first-order valence-electron chi connectivity index (χ1n) is 7.42. The first kappa shape index (κ1) is 15.5. The highest BCUT2D eigenvalue weighted by Gasteiger charge is 2.23. The lowest BCUT2D eigenvalue weighted by Crippen LogP contribution is -2.47. The second kappa shape index (κ2) is 6.78. The Hall–Kier alpha value is -2.41. The van der Waals surface area contributed by atoms with Crippen molar-refractivity contribution in [3.8, 4) is 5.75 Å². The van der Waals surface area contributed by atoms with Crippen LogP contribution in [-0.2, 0) is 6.61 Å². The molecule has 1 saturated heterocycles. The topological polar surface area (TPSA) is 58.8 Å². The summed E-state index contributed by atoms with van der Waals surface area (Å²) in [6, 6.07) is 5.67. The van der Waals surface area contributed by atoms with Gasteiger partial charge in [0, 0.05) is 26.2 Å². The summed E-state index contributed by atoms with van der Waals surface area (Å²) in [5, 5.41) is 0. The van der Waals surface area contributed by atoms with Crippen molar-refractivity contribution in [2.45, 2.75) is 6.61 Å². The molecule has 3 rings (SSSR count). The van der Waals surface area contributed by atoms with Gasteiger partial charge in [-0.25, -0.2) is 9.37 Å². The number of hydrogen-bond acceptors (Lipinski definition) is 5. The van der Waals surface area contributed by atoms with E-state index in [0.717, 1.165) is 13.1 Å². The molecule has 0 N–H and O–H groups in total. The molecule has 2 heterocycles. The minimum absolute atomic E-state index is 0.0850. The van der Waals surface area contributed by atoms with E-state index in [2.05, 4.69) is 9.88 Å². The molecule has 1 fully saturated rings. The van der Waals surface area contributed by atoms with E-state index in [-0.39, 0.29) is 24.0 Å². The number of piperazine rings is 1. The standard InChI is InChI=1S/C16H18FN3O3/c1-19-6-8-20(9-7-19)16(21)14-10-23-15(18-14)11-22-13-4-2-12(17)3-5-13/h2-5,10H,6-9,11H2,1H3. The van der Waals surface area contributed by atoms with Crippen LogP contribution in [0.15, 0.2) is 34.9 Å². The van der Waals surface area contributed by atoms with E-state index >= 15 is 0 Å². The number of amides is 1. The predicted octanol–water partition coefficient (Wildman–Crippen LogP) is 1.78. The van der Waals surface area contributed by atoms with Crippen molar-refractivity contribution < 1.29 is 18.3 Å². The number of rotatable bonds is 4. The van der Waals surface area contributed by atoms with E-state index in [1.807, 2.05) is 7.05 Å². The fraction of sp³-hybridized carbons (Fsp3) is 0.375.